The van der Waals surface area contributed by atoms with Crippen molar-refractivity contribution < 1.29 is 5.11 Å². The average Bonchev–Trinajstić information content (AvgIpc) is 2.70. The molecule has 0 saturated carbocycles. The fraction of sp³-hybridized carbons (Fsp3) is 0.133. The molecular formula is C15H14N2O. The van der Waals surface area contributed by atoms with Crippen molar-refractivity contribution in [1.29, 1.82) is 0 Å². The van der Waals surface area contributed by atoms with Crippen LogP contribution in [0.15, 0.2) is 48.8 Å². The zero-order chi connectivity index (χ0) is 12.5. The van der Waals surface area contributed by atoms with Gasteiger partial charge in [0.1, 0.15) is 11.4 Å². The number of aromatic nitrogens is 2. The lowest BCUT2D eigenvalue weighted by Gasteiger charge is -1.99. The Hall–Kier alpha value is -2.29. The Kier molecular flexibility index (Phi) is 2.52. The summed E-state index contributed by atoms with van der Waals surface area (Å²) in [6.07, 6.45) is 4.43. The molecule has 90 valence electrons. The first-order valence-electron chi connectivity index (χ1n) is 5.93. The third-order valence-electron chi connectivity index (χ3n) is 2.95. The summed E-state index contributed by atoms with van der Waals surface area (Å²) < 4.78 is 1.85. The van der Waals surface area contributed by atoms with Crippen LogP contribution < -0.4 is 0 Å². The van der Waals surface area contributed by atoms with E-state index in [1.165, 1.54) is 11.1 Å². The van der Waals surface area contributed by atoms with Crippen LogP contribution >= 0.6 is 0 Å². The summed E-state index contributed by atoms with van der Waals surface area (Å²) in [6, 6.07) is 11.9. The number of fused-ring (bicyclic) bond motifs is 1. The molecule has 3 aromatic rings. The van der Waals surface area contributed by atoms with Crippen molar-refractivity contribution in [3.05, 3.63) is 65.6 Å². The van der Waals surface area contributed by atoms with Crippen LogP contribution in [0.4, 0.5) is 0 Å². The van der Waals surface area contributed by atoms with Crippen molar-refractivity contribution in [2.24, 2.45) is 0 Å². The summed E-state index contributed by atoms with van der Waals surface area (Å²) in [7, 11) is 0. The van der Waals surface area contributed by atoms with Gasteiger partial charge in [-0.05, 0) is 24.6 Å². The monoisotopic (exact) mass is 238 g/mol. The highest BCUT2D eigenvalue weighted by Gasteiger charge is 2.03. The number of aryl methyl sites for hydroxylation is 1. The standard InChI is InChI=1S/C15H14N2O/c1-11-3-2-4-12(7-11)8-13-9-17-10-14(18)5-6-15(17)16-13/h2-7,9-10,18H,8H2,1H3. The van der Waals surface area contributed by atoms with Crippen molar-refractivity contribution in [2.75, 3.05) is 0 Å². The third kappa shape index (κ3) is 2.07. The minimum atomic E-state index is 0.252. The average molecular weight is 238 g/mol. The van der Waals surface area contributed by atoms with Crippen LogP contribution in [0, 0.1) is 6.92 Å². The molecule has 0 saturated heterocycles. The van der Waals surface area contributed by atoms with Crippen LogP contribution in [-0.2, 0) is 6.42 Å². The van der Waals surface area contributed by atoms with Crippen molar-refractivity contribution in [2.45, 2.75) is 13.3 Å². The minimum Gasteiger partial charge on any atom is -0.506 e. The van der Waals surface area contributed by atoms with Crippen molar-refractivity contribution >= 4 is 5.65 Å². The number of aromatic hydroxyl groups is 1. The van der Waals surface area contributed by atoms with E-state index < -0.39 is 0 Å². The molecule has 0 bridgehead atoms. The molecule has 0 amide bonds. The molecule has 0 aliphatic heterocycles. The fourth-order valence-corrected chi connectivity index (χ4v) is 2.15. The van der Waals surface area contributed by atoms with Crippen molar-refractivity contribution in [3.8, 4) is 5.75 Å². The highest BCUT2D eigenvalue weighted by atomic mass is 16.3. The van der Waals surface area contributed by atoms with Gasteiger partial charge >= 0.3 is 0 Å². The van der Waals surface area contributed by atoms with Gasteiger partial charge in [0.2, 0.25) is 0 Å². The zero-order valence-corrected chi connectivity index (χ0v) is 10.2. The van der Waals surface area contributed by atoms with Gasteiger partial charge in [-0.15, -0.1) is 0 Å². The van der Waals surface area contributed by atoms with E-state index in [2.05, 4.69) is 36.2 Å². The van der Waals surface area contributed by atoms with Crippen molar-refractivity contribution in [1.82, 2.24) is 9.38 Å². The van der Waals surface area contributed by atoms with Gasteiger partial charge in [-0.2, -0.15) is 0 Å². The summed E-state index contributed by atoms with van der Waals surface area (Å²) >= 11 is 0. The second-order valence-electron chi connectivity index (χ2n) is 4.55. The van der Waals surface area contributed by atoms with Gasteiger partial charge in [0.15, 0.2) is 0 Å². The number of hydrogen-bond acceptors (Lipinski definition) is 2. The molecule has 0 spiro atoms. The van der Waals surface area contributed by atoms with E-state index >= 15 is 0 Å². The van der Waals surface area contributed by atoms with Gasteiger partial charge in [0.05, 0.1) is 11.9 Å². The lowest BCUT2D eigenvalue weighted by Crippen LogP contribution is -1.88. The van der Waals surface area contributed by atoms with Crippen LogP contribution in [0.25, 0.3) is 5.65 Å². The Balaban J connectivity index is 1.95. The first-order chi connectivity index (χ1) is 8.70. The van der Waals surface area contributed by atoms with Gasteiger partial charge in [0.25, 0.3) is 0 Å². The molecule has 2 heterocycles. The first kappa shape index (κ1) is 10.8. The summed E-state index contributed by atoms with van der Waals surface area (Å²) in [5, 5.41) is 9.42. The van der Waals surface area contributed by atoms with Crippen LogP contribution in [0.3, 0.4) is 0 Å². The van der Waals surface area contributed by atoms with Gasteiger partial charge in [0, 0.05) is 12.6 Å². The Morgan fingerprint density at radius 3 is 2.89 bits per heavy atom. The molecule has 1 aromatic carbocycles. The zero-order valence-electron chi connectivity index (χ0n) is 10.2. The Labute approximate surface area is 105 Å². The van der Waals surface area contributed by atoms with E-state index in [0.29, 0.717) is 0 Å². The molecule has 3 rings (SSSR count). The van der Waals surface area contributed by atoms with Crippen LogP contribution in [0.2, 0.25) is 0 Å². The lowest BCUT2D eigenvalue weighted by atomic mass is 10.1. The van der Waals surface area contributed by atoms with Crippen LogP contribution in [0.5, 0.6) is 5.75 Å². The molecule has 0 aliphatic carbocycles. The maximum atomic E-state index is 9.42. The highest BCUT2D eigenvalue weighted by Crippen LogP contribution is 2.15. The summed E-state index contributed by atoms with van der Waals surface area (Å²) in [5.41, 5.74) is 4.37. The molecule has 3 nitrogen and oxygen atoms in total. The van der Waals surface area contributed by atoms with E-state index in [0.717, 1.165) is 17.8 Å². The first-order valence-corrected chi connectivity index (χ1v) is 5.93. The summed E-state index contributed by atoms with van der Waals surface area (Å²) in [4.78, 5) is 4.53. The molecule has 0 aliphatic rings. The predicted molar refractivity (Wildman–Crippen MR) is 70.8 cm³/mol. The molecule has 2 aromatic heterocycles. The molecule has 3 heteroatoms. The second kappa shape index (κ2) is 4.18. The van der Waals surface area contributed by atoms with Crippen LogP contribution in [-0.4, -0.2) is 14.5 Å². The SMILES string of the molecule is Cc1cccc(Cc2cn3cc(O)ccc3n2)c1. The largest absolute Gasteiger partial charge is 0.506 e. The maximum absolute atomic E-state index is 9.42. The highest BCUT2D eigenvalue weighted by molar-refractivity contribution is 5.43. The normalized spacial score (nSPS) is 10.9. The van der Waals surface area contributed by atoms with Crippen LogP contribution in [0.1, 0.15) is 16.8 Å². The number of pyridine rings is 1. The topological polar surface area (TPSA) is 37.5 Å². The molecular weight excluding hydrogens is 224 g/mol. The number of rotatable bonds is 2. The Bertz CT molecular complexity index is 701. The third-order valence-corrected chi connectivity index (χ3v) is 2.95. The van der Waals surface area contributed by atoms with Crippen molar-refractivity contribution in [3.63, 3.8) is 0 Å². The molecule has 18 heavy (non-hydrogen) atoms. The molecule has 0 atom stereocenters. The predicted octanol–water partition coefficient (Wildman–Crippen LogP) is 2.94. The van der Waals surface area contributed by atoms with E-state index in [1.54, 1.807) is 12.3 Å². The van der Waals surface area contributed by atoms with E-state index in [4.69, 9.17) is 0 Å². The quantitative estimate of drug-likeness (QED) is 0.745. The number of hydrogen-bond donors (Lipinski definition) is 1. The minimum absolute atomic E-state index is 0.252. The number of imidazole rings is 1. The van der Waals surface area contributed by atoms with E-state index in [-0.39, 0.29) is 5.75 Å². The number of benzene rings is 1. The van der Waals surface area contributed by atoms with E-state index in [9.17, 15) is 5.11 Å². The molecule has 0 radical (unpaired) electrons. The fourth-order valence-electron chi connectivity index (χ4n) is 2.15. The Morgan fingerprint density at radius 1 is 1.17 bits per heavy atom. The molecule has 0 unspecified atom stereocenters. The second-order valence-corrected chi connectivity index (χ2v) is 4.55. The molecule has 0 fully saturated rings. The van der Waals surface area contributed by atoms with E-state index in [1.807, 2.05) is 16.7 Å². The van der Waals surface area contributed by atoms with Gasteiger partial charge in [-0.25, -0.2) is 4.98 Å². The maximum Gasteiger partial charge on any atom is 0.137 e. The Morgan fingerprint density at radius 2 is 2.06 bits per heavy atom. The molecule has 1 N–H and O–H groups in total. The van der Waals surface area contributed by atoms with Gasteiger partial charge < -0.3 is 9.51 Å². The summed E-state index contributed by atoms with van der Waals surface area (Å²) in [5.74, 6) is 0.252. The van der Waals surface area contributed by atoms with Gasteiger partial charge in [-0.3, -0.25) is 0 Å². The number of nitrogens with zero attached hydrogens (tertiary/aromatic N) is 2. The summed E-state index contributed by atoms with van der Waals surface area (Å²) in [6.45, 7) is 2.09. The smallest absolute Gasteiger partial charge is 0.137 e. The van der Waals surface area contributed by atoms with Gasteiger partial charge in [-0.1, -0.05) is 29.8 Å². The lowest BCUT2D eigenvalue weighted by molar-refractivity contribution is 0.472.